The van der Waals surface area contributed by atoms with Crippen LogP contribution in [-0.4, -0.2) is 13.0 Å². The quantitative estimate of drug-likeness (QED) is 0.372. The normalized spacial score (nSPS) is 11.8. The van der Waals surface area contributed by atoms with Gasteiger partial charge in [-0.3, -0.25) is 4.55 Å². The fourth-order valence-electron chi connectivity index (χ4n) is 1.76. The van der Waals surface area contributed by atoms with E-state index in [1.807, 2.05) is 0 Å². The molecule has 0 heterocycles. The van der Waals surface area contributed by atoms with Gasteiger partial charge >= 0.3 is 0 Å². The molecule has 23 heavy (non-hydrogen) atoms. The van der Waals surface area contributed by atoms with E-state index in [1.54, 1.807) is 0 Å². The lowest BCUT2D eigenvalue weighted by Crippen LogP contribution is -2.06. The molecule has 0 saturated carbocycles. The molecule has 0 aliphatic carbocycles. The van der Waals surface area contributed by atoms with Crippen molar-refractivity contribution in [3.8, 4) is 11.1 Å². The molecule has 0 spiro atoms. The maximum Gasteiger partial charge on any atom is 0.296 e. The van der Waals surface area contributed by atoms with Crippen LogP contribution >= 0.6 is 11.6 Å². The Bertz CT molecular complexity index is 900. The van der Waals surface area contributed by atoms with E-state index in [-0.39, 0.29) is 12.1 Å². The largest absolute Gasteiger partial charge is 0.296 e. The molecule has 11 heteroatoms. The predicted octanol–water partition coefficient (Wildman–Crippen LogP) is 4.09. The molecular weight excluding hydrogens is 374 g/mol. The third-order valence-electron chi connectivity index (χ3n) is 2.78. The molecule has 0 saturated heterocycles. The van der Waals surface area contributed by atoms with Gasteiger partial charge in [-0.05, 0) is 12.1 Å². The molecule has 0 aliphatic heterocycles. The number of benzene rings is 2. The summed E-state index contributed by atoms with van der Waals surface area (Å²) in [6.07, 6.45) is 0. The van der Waals surface area contributed by atoms with Gasteiger partial charge in [0.25, 0.3) is 10.1 Å². The second-order valence-corrected chi connectivity index (χ2v) is 5.98. The van der Waals surface area contributed by atoms with Crippen LogP contribution in [0, 0.1) is 34.9 Å². The standard InChI is InChI=1S/C12H3ClF6O3S/c13-4-2-5(14)3(1-6(4)23(20,21)22)7-8(15)10(17)12(19)11(18)9(7)16/h1-2H,(H,20,21,22). The maximum absolute atomic E-state index is 13.8. The highest BCUT2D eigenvalue weighted by atomic mass is 35.5. The minimum Gasteiger partial charge on any atom is -0.282 e. The molecule has 0 amide bonds. The van der Waals surface area contributed by atoms with Gasteiger partial charge in [0.1, 0.15) is 10.7 Å². The zero-order valence-corrected chi connectivity index (χ0v) is 12.0. The average Bonchev–Trinajstić information content (AvgIpc) is 2.44. The second kappa shape index (κ2) is 5.69. The zero-order valence-electron chi connectivity index (χ0n) is 10.5. The molecule has 3 nitrogen and oxygen atoms in total. The number of rotatable bonds is 2. The van der Waals surface area contributed by atoms with E-state index in [1.165, 1.54) is 0 Å². The van der Waals surface area contributed by atoms with Crippen LogP contribution in [0.3, 0.4) is 0 Å². The van der Waals surface area contributed by atoms with Crippen molar-refractivity contribution >= 4 is 21.7 Å². The molecule has 0 bridgehead atoms. The molecule has 0 fully saturated rings. The molecule has 0 aromatic heterocycles. The van der Waals surface area contributed by atoms with E-state index < -0.39 is 66.1 Å². The minimum absolute atomic E-state index is 0.158. The van der Waals surface area contributed by atoms with Crippen LogP contribution in [0.25, 0.3) is 11.1 Å². The molecule has 0 radical (unpaired) electrons. The van der Waals surface area contributed by atoms with Gasteiger partial charge in [-0.15, -0.1) is 0 Å². The summed E-state index contributed by atoms with van der Waals surface area (Å²) in [6.45, 7) is 0. The summed E-state index contributed by atoms with van der Waals surface area (Å²) < 4.78 is 111. The first-order valence-corrected chi connectivity index (χ1v) is 7.27. The fourth-order valence-corrected chi connectivity index (χ4v) is 2.77. The van der Waals surface area contributed by atoms with Crippen molar-refractivity contribution < 1.29 is 39.3 Å². The lowest BCUT2D eigenvalue weighted by Gasteiger charge is -2.11. The van der Waals surface area contributed by atoms with Crippen molar-refractivity contribution in [3.05, 3.63) is 52.1 Å². The van der Waals surface area contributed by atoms with Gasteiger partial charge in [0.15, 0.2) is 23.3 Å². The first kappa shape index (κ1) is 17.6. The van der Waals surface area contributed by atoms with Crippen molar-refractivity contribution in [1.29, 1.82) is 0 Å². The zero-order chi connectivity index (χ0) is 17.7. The summed E-state index contributed by atoms with van der Waals surface area (Å²) in [5.74, 6) is -13.5. The molecule has 0 unspecified atom stereocenters. The Balaban J connectivity index is 2.94. The Morgan fingerprint density at radius 2 is 1.26 bits per heavy atom. The van der Waals surface area contributed by atoms with Gasteiger partial charge < -0.3 is 0 Å². The van der Waals surface area contributed by atoms with E-state index in [9.17, 15) is 34.8 Å². The SMILES string of the molecule is O=S(=O)(O)c1cc(-c2c(F)c(F)c(F)c(F)c2F)c(F)cc1Cl. The summed E-state index contributed by atoms with van der Waals surface area (Å²) in [5.41, 5.74) is -2.98. The highest BCUT2D eigenvalue weighted by molar-refractivity contribution is 7.86. The maximum atomic E-state index is 13.8. The van der Waals surface area contributed by atoms with Gasteiger partial charge in [0.2, 0.25) is 5.82 Å². The van der Waals surface area contributed by atoms with Crippen molar-refractivity contribution in [2.24, 2.45) is 0 Å². The summed E-state index contributed by atoms with van der Waals surface area (Å²) >= 11 is 5.37. The molecule has 0 atom stereocenters. The van der Waals surface area contributed by atoms with Crippen LogP contribution < -0.4 is 0 Å². The van der Waals surface area contributed by atoms with Gasteiger partial charge in [-0.1, -0.05) is 11.6 Å². The summed E-state index contributed by atoms with van der Waals surface area (Å²) in [5, 5.41) is -0.849. The molecular formula is C12H3ClF6O3S. The second-order valence-electron chi connectivity index (χ2n) is 4.18. The van der Waals surface area contributed by atoms with Crippen LogP contribution in [-0.2, 0) is 10.1 Å². The Kier molecular flexibility index (Phi) is 4.35. The van der Waals surface area contributed by atoms with Crippen LogP contribution in [0.1, 0.15) is 0 Å². The molecule has 2 aromatic carbocycles. The number of hydrogen-bond acceptors (Lipinski definition) is 2. The molecule has 124 valence electrons. The topological polar surface area (TPSA) is 54.4 Å². The molecule has 2 aromatic rings. The first-order valence-electron chi connectivity index (χ1n) is 5.45. The Labute approximate surface area is 129 Å². The van der Waals surface area contributed by atoms with E-state index in [2.05, 4.69) is 0 Å². The summed E-state index contributed by atoms with van der Waals surface area (Å²) in [4.78, 5) is -1.17. The molecule has 1 N–H and O–H groups in total. The predicted molar refractivity (Wildman–Crippen MR) is 66.5 cm³/mol. The highest BCUT2D eigenvalue weighted by Gasteiger charge is 2.29. The Hall–Kier alpha value is -1.78. The number of halogens is 7. The van der Waals surface area contributed by atoms with E-state index in [4.69, 9.17) is 16.2 Å². The fraction of sp³-hybridized carbons (Fsp3) is 0. The van der Waals surface area contributed by atoms with Crippen LogP contribution in [0.2, 0.25) is 5.02 Å². The van der Waals surface area contributed by atoms with Crippen LogP contribution in [0.5, 0.6) is 0 Å². The Morgan fingerprint density at radius 3 is 1.70 bits per heavy atom. The highest BCUT2D eigenvalue weighted by Crippen LogP contribution is 2.36. The third-order valence-corrected chi connectivity index (χ3v) is 4.10. The Morgan fingerprint density at radius 1 is 0.826 bits per heavy atom. The first-order chi connectivity index (χ1) is 10.5. The lowest BCUT2D eigenvalue weighted by molar-refractivity contribution is 0.381. The van der Waals surface area contributed by atoms with Gasteiger partial charge in [0.05, 0.1) is 10.6 Å². The van der Waals surface area contributed by atoms with Crippen LogP contribution in [0.4, 0.5) is 26.3 Å². The van der Waals surface area contributed by atoms with Crippen molar-refractivity contribution in [2.75, 3.05) is 0 Å². The minimum atomic E-state index is -5.04. The summed E-state index contributed by atoms with van der Waals surface area (Å²) in [7, 11) is -5.04. The van der Waals surface area contributed by atoms with Gasteiger partial charge in [-0.25, -0.2) is 26.3 Å². The van der Waals surface area contributed by atoms with Crippen molar-refractivity contribution in [1.82, 2.24) is 0 Å². The third kappa shape index (κ3) is 2.89. The molecule has 2 rings (SSSR count). The average molecular weight is 377 g/mol. The van der Waals surface area contributed by atoms with Crippen molar-refractivity contribution in [3.63, 3.8) is 0 Å². The van der Waals surface area contributed by atoms with Gasteiger partial charge in [-0.2, -0.15) is 8.42 Å². The van der Waals surface area contributed by atoms with Crippen molar-refractivity contribution in [2.45, 2.75) is 4.90 Å². The monoisotopic (exact) mass is 376 g/mol. The lowest BCUT2D eigenvalue weighted by atomic mass is 10.0. The number of hydrogen-bond donors (Lipinski definition) is 1. The van der Waals surface area contributed by atoms with Crippen LogP contribution in [0.15, 0.2) is 17.0 Å². The smallest absolute Gasteiger partial charge is 0.282 e. The van der Waals surface area contributed by atoms with Gasteiger partial charge in [0, 0.05) is 5.56 Å². The molecule has 0 aliphatic rings. The van der Waals surface area contributed by atoms with E-state index in [0.717, 1.165) is 0 Å². The van der Waals surface area contributed by atoms with E-state index in [0.29, 0.717) is 0 Å². The summed E-state index contributed by atoms with van der Waals surface area (Å²) in [6, 6.07) is 0.406. The van der Waals surface area contributed by atoms with E-state index >= 15 is 0 Å².